The Balaban J connectivity index is 1.84. The Kier molecular flexibility index (Phi) is 3.63. The first kappa shape index (κ1) is 11.6. The first-order valence-electron chi connectivity index (χ1n) is 5.76. The van der Waals surface area contributed by atoms with Crippen LogP contribution in [0.1, 0.15) is 18.6 Å². The topological polar surface area (TPSA) is 51.6 Å². The van der Waals surface area contributed by atoms with E-state index in [1.54, 1.807) is 6.26 Å². The van der Waals surface area contributed by atoms with Crippen molar-refractivity contribution in [3.8, 4) is 0 Å². The fourth-order valence-electron chi connectivity index (χ4n) is 2.20. The maximum atomic E-state index is 6.34. The Morgan fingerprint density at radius 1 is 1.44 bits per heavy atom. The Bertz CT molecular complexity index is 305. The van der Waals surface area contributed by atoms with E-state index >= 15 is 0 Å². The van der Waals surface area contributed by atoms with Gasteiger partial charge in [-0.3, -0.25) is 4.90 Å². The zero-order valence-corrected chi connectivity index (χ0v) is 9.82. The SMILES string of the molecule is CN(Cc1ccco1)CC1(N)CCOCC1. The van der Waals surface area contributed by atoms with E-state index in [2.05, 4.69) is 11.9 Å². The third-order valence-corrected chi connectivity index (χ3v) is 3.08. The van der Waals surface area contributed by atoms with Crippen molar-refractivity contribution in [1.29, 1.82) is 0 Å². The molecule has 4 heteroatoms. The highest BCUT2D eigenvalue weighted by atomic mass is 16.5. The van der Waals surface area contributed by atoms with E-state index in [0.29, 0.717) is 0 Å². The molecule has 1 fully saturated rings. The van der Waals surface area contributed by atoms with E-state index in [1.165, 1.54) is 0 Å². The van der Waals surface area contributed by atoms with Crippen LogP contribution in [0, 0.1) is 0 Å². The third kappa shape index (κ3) is 3.07. The minimum Gasteiger partial charge on any atom is -0.468 e. The molecule has 0 radical (unpaired) electrons. The van der Waals surface area contributed by atoms with Crippen LogP contribution in [-0.2, 0) is 11.3 Å². The van der Waals surface area contributed by atoms with E-state index < -0.39 is 0 Å². The van der Waals surface area contributed by atoms with Gasteiger partial charge in [-0.1, -0.05) is 0 Å². The quantitative estimate of drug-likeness (QED) is 0.835. The van der Waals surface area contributed by atoms with Crippen molar-refractivity contribution in [3.05, 3.63) is 24.2 Å². The van der Waals surface area contributed by atoms with Crippen LogP contribution in [0.2, 0.25) is 0 Å². The number of furan rings is 1. The standard InChI is InChI=1S/C12H20N2O2/c1-14(9-11-3-2-6-16-11)10-12(13)4-7-15-8-5-12/h2-3,6H,4-5,7-10,13H2,1H3. The van der Waals surface area contributed by atoms with Gasteiger partial charge in [0, 0.05) is 25.3 Å². The molecule has 0 aliphatic carbocycles. The predicted octanol–water partition coefficient (Wildman–Crippen LogP) is 1.22. The molecule has 0 spiro atoms. The molecule has 0 aromatic carbocycles. The summed E-state index contributed by atoms with van der Waals surface area (Å²) in [6, 6.07) is 3.90. The second kappa shape index (κ2) is 4.99. The van der Waals surface area contributed by atoms with Crippen LogP contribution in [0.3, 0.4) is 0 Å². The summed E-state index contributed by atoms with van der Waals surface area (Å²) in [5, 5.41) is 0. The summed E-state index contributed by atoms with van der Waals surface area (Å²) in [5.41, 5.74) is 6.24. The number of rotatable bonds is 4. The summed E-state index contributed by atoms with van der Waals surface area (Å²) in [6.07, 6.45) is 3.58. The zero-order chi connectivity index (χ0) is 11.4. The molecule has 0 amide bonds. The number of likely N-dealkylation sites (N-methyl/N-ethyl adjacent to an activating group) is 1. The molecule has 2 heterocycles. The van der Waals surface area contributed by atoms with Gasteiger partial charge in [-0.25, -0.2) is 0 Å². The van der Waals surface area contributed by atoms with Gasteiger partial charge in [0.25, 0.3) is 0 Å². The highest BCUT2D eigenvalue weighted by molar-refractivity contribution is 4.98. The van der Waals surface area contributed by atoms with Crippen molar-refractivity contribution in [1.82, 2.24) is 4.90 Å². The minimum absolute atomic E-state index is 0.0976. The molecule has 0 atom stereocenters. The molecule has 16 heavy (non-hydrogen) atoms. The van der Waals surface area contributed by atoms with Crippen molar-refractivity contribution in [2.75, 3.05) is 26.8 Å². The summed E-state index contributed by atoms with van der Waals surface area (Å²) in [6.45, 7) is 3.26. The molecule has 0 bridgehead atoms. The molecule has 1 aliphatic rings. The second-order valence-corrected chi connectivity index (χ2v) is 4.73. The number of nitrogens with zero attached hydrogens (tertiary/aromatic N) is 1. The van der Waals surface area contributed by atoms with Crippen molar-refractivity contribution in [2.45, 2.75) is 24.9 Å². The van der Waals surface area contributed by atoms with Gasteiger partial charge in [0.05, 0.1) is 12.8 Å². The maximum Gasteiger partial charge on any atom is 0.117 e. The molecule has 1 saturated heterocycles. The van der Waals surface area contributed by atoms with Gasteiger partial charge in [-0.2, -0.15) is 0 Å². The van der Waals surface area contributed by atoms with Crippen LogP contribution in [0.4, 0.5) is 0 Å². The molecule has 1 aromatic rings. The summed E-state index contributed by atoms with van der Waals surface area (Å²) in [4.78, 5) is 2.21. The Morgan fingerprint density at radius 2 is 2.19 bits per heavy atom. The monoisotopic (exact) mass is 224 g/mol. The smallest absolute Gasteiger partial charge is 0.117 e. The van der Waals surface area contributed by atoms with E-state index in [0.717, 1.165) is 44.9 Å². The molecule has 2 N–H and O–H groups in total. The molecule has 4 nitrogen and oxygen atoms in total. The van der Waals surface area contributed by atoms with Gasteiger partial charge in [0.1, 0.15) is 5.76 Å². The molecule has 0 unspecified atom stereocenters. The van der Waals surface area contributed by atoms with Crippen LogP contribution in [0.25, 0.3) is 0 Å². The van der Waals surface area contributed by atoms with Gasteiger partial charge in [0.2, 0.25) is 0 Å². The fourth-order valence-corrected chi connectivity index (χ4v) is 2.20. The fraction of sp³-hybridized carbons (Fsp3) is 0.667. The summed E-state index contributed by atoms with van der Waals surface area (Å²) < 4.78 is 10.7. The lowest BCUT2D eigenvalue weighted by atomic mass is 9.91. The van der Waals surface area contributed by atoms with Crippen molar-refractivity contribution < 1.29 is 9.15 Å². The first-order valence-corrected chi connectivity index (χ1v) is 5.76. The average Bonchev–Trinajstić information content (AvgIpc) is 2.70. The zero-order valence-electron chi connectivity index (χ0n) is 9.82. The Morgan fingerprint density at radius 3 is 2.81 bits per heavy atom. The maximum absolute atomic E-state index is 6.34. The summed E-state index contributed by atoms with van der Waals surface area (Å²) in [7, 11) is 2.08. The van der Waals surface area contributed by atoms with Crippen LogP contribution < -0.4 is 5.73 Å². The highest BCUT2D eigenvalue weighted by Gasteiger charge is 2.29. The van der Waals surface area contributed by atoms with Crippen LogP contribution in [0.15, 0.2) is 22.8 Å². The lowest BCUT2D eigenvalue weighted by molar-refractivity contribution is 0.0395. The number of ether oxygens (including phenoxy) is 1. The Hall–Kier alpha value is -0.840. The van der Waals surface area contributed by atoms with Crippen molar-refractivity contribution >= 4 is 0 Å². The Labute approximate surface area is 96.4 Å². The largest absolute Gasteiger partial charge is 0.468 e. The van der Waals surface area contributed by atoms with E-state index in [-0.39, 0.29) is 5.54 Å². The van der Waals surface area contributed by atoms with Crippen LogP contribution in [0.5, 0.6) is 0 Å². The third-order valence-electron chi connectivity index (χ3n) is 3.08. The molecule has 2 rings (SSSR count). The lowest BCUT2D eigenvalue weighted by Crippen LogP contribution is -2.52. The normalized spacial score (nSPS) is 20.2. The van der Waals surface area contributed by atoms with E-state index in [9.17, 15) is 0 Å². The highest BCUT2D eigenvalue weighted by Crippen LogP contribution is 2.19. The molecule has 1 aliphatic heterocycles. The summed E-state index contributed by atoms with van der Waals surface area (Å²) >= 11 is 0. The number of nitrogens with two attached hydrogens (primary N) is 1. The summed E-state index contributed by atoms with van der Waals surface area (Å²) in [5.74, 6) is 0.984. The molecular formula is C12H20N2O2. The van der Waals surface area contributed by atoms with E-state index in [1.807, 2.05) is 12.1 Å². The molecular weight excluding hydrogens is 204 g/mol. The second-order valence-electron chi connectivity index (χ2n) is 4.73. The number of hydrogen-bond donors (Lipinski definition) is 1. The molecule has 90 valence electrons. The minimum atomic E-state index is -0.0976. The van der Waals surface area contributed by atoms with Gasteiger partial charge in [0.15, 0.2) is 0 Å². The van der Waals surface area contributed by atoms with E-state index in [4.69, 9.17) is 14.9 Å². The predicted molar refractivity (Wildman–Crippen MR) is 62.0 cm³/mol. The van der Waals surface area contributed by atoms with Crippen molar-refractivity contribution in [2.24, 2.45) is 5.73 Å². The average molecular weight is 224 g/mol. The van der Waals surface area contributed by atoms with Crippen LogP contribution in [-0.4, -0.2) is 37.2 Å². The van der Waals surface area contributed by atoms with Gasteiger partial charge < -0.3 is 14.9 Å². The molecule has 1 aromatic heterocycles. The van der Waals surface area contributed by atoms with Crippen molar-refractivity contribution in [3.63, 3.8) is 0 Å². The van der Waals surface area contributed by atoms with Crippen LogP contribution >= 0.6 is 0 Å². The van der Waals surface area contributed by atoms with Gasteiger partial charge in [-0.05, 0) is 32.0 Å². The van der Waals surface area contributed by atoms with Gasteiger partial charge >= 0.3 is 0 Å². The number of hydrogen-bond acceptors (Lipinski definition) is 4. The first-order chi connectivity index (χ1) is 7.68. The lowest BCUT2D eigenvalue weighted by Gasteiger charge is -2.36. The van der Waals surface area contributed by atoms with Gasteiger partial charge in [-0.15, -0.1) is 0 Å². The molecule has 0 saturated carbocycles.